The molecule has 0 atom stereocenters. The van der Waals surface area contributed by atoms with E-state index in [1.807, 2.05) is 0 Å². The number of halogens is 1. The van der Waals surface area contributed by atoms with Gasteiger partial charge in [0.1, 0.15) is 5.82 Å². The molecule has 1 aromatic heterocycles. The topological polar surface area (TPSA) is 68.5 Å². The van der Waals surface area contributed by atoms with Crippen molar-refractivity contribution in [3.8, 4) is 12.3 Å². The van der Waals surface area contributed by atoms with Gasteiger partial charge in [-0.2, -0.15) is 4.99 Å². The van der Waals surface area contributed by atoms with Crippen molar-refractivity contribution >= 4 is 37.3 Å². The van der Waals surface area contributed by atoms with Gasteiger partial charge in [0.25, 0.3) is 5.91 Å². The first-order valence-electron chi connectivity index (χ1n) is 8.45. The van der Waals surface area contributed by atoms with E-state index in [2.05, 4.69) is 10.9 Å². The Hall–Kier alpha value is -2.76. The van der Waals surface area contributed by atoms with Gasteiger partial charge in [-0.1, -0.05) is 36.3 Å². The van der Waals surface area contributed by atoms with Crippen molar-refractivity contribution in [2.45, 2.75) is 24.8 Å². The van der Waals surface area contributed by atoms with Crippen LogP contribution in [0.15, 0.2) is 52.4 Å². The number of thiazole rings is 1. The highest BCUT2D eigenvalue weighted by molar-refractivity contribution is 7.91. The van der Waals surface area contributed by atoms with Gasteiger partial charge >= 0.3 is 0 Å². The summed E-state index contributed by atoms with van der Waals surface area (Å²) in [5.74, 6) is 1.76. The van der Waals surface area contributed by atoms with Crippen molar-refractivity contribution in [1.82, 2.24) is 4.57 Å². The highest BCUT2D eigenvalue weighted by Crippen LogP contribution is 2.19. The van der Waals surface area contributed by atoms with Crippen molar-refractivity contribution in [3.63, 3.8) is 0 Å². The SMILES string of the molecule is C#CCn1c(=NC(=O)Cc2ccc(S(=O)(=O)CC)cc2)sc2cc(F)ccc21. The van der Waals surface area contributed by atoms with Crippen LogP contribution in [0.25, 0.3) is 10.2 Å². The second-order valence-corrected chi connectivity index (χ2v) is 9.30. The fourth-order valence-corrected chi connectivity index (χ4v) is 4.63. The average Bonchev–Trinajstić information content (AvgIpc) is 2.98. The number of fused-ring (bicyclic) bond motifs is 1. The van der Waals surface area contributed by atoms with E-state index in [0.29, 0.717) is 20.6 Å². The lowest BCUT2D eigenvalue weighted by Crippen LogP contribution is -2.17. The van der Waals surface area contributed by atoms with Gasteiger partial charge in [-0.25, -0.2) is 12.8 Å². The van der Waals surface area contributed by atoms with Gasteiger partial charge in [-0.15, -0.1) is 6.42 Å². The summed E-state index contributed by atoms with van der Waals surface area (Å²) in [4.78, 5) is 17.2. The highest BCUT2D eigenvalue weighted by atomic mass is 32.2. The second-order valence-electron chi connectivity index (χ2n) is 6.02. The van der Waals surface area contributed by atoms with Crippen LogP contribution in [0.4, 0.5) is 4.39 Å². The highest BCUT2D eigenvalue weighted by Gasteiger charge is 2.12. The number of benzene rings is 2. The number of carbonyl (C=O) groups is 1. The Morgan fingerprint density at radius 1 is 1.25 bits per heavy atom. The zero-order valence-electron chi connectivity index (χ0n) is 15.1. The third-order valence-corrected chi connectivity index (χ3v) is 6.92. The number of terminal acetylenes is 1. The maximum Gasteiger partial charge on any atom is 0.252 e. The minimum atomic E-state index is -3.28. The number of amides is 1. The number of sulfone groups is 1. The normalized spacial score (nSPS) is 12.2. The summed E-state index contributed by atoms with van der Waals surface area (Å²) in [6.45, 7) is 1.79. The molecule has 3 aromatic rings. The molecular weight excluding hydrogens is 399 g/mol. The first kappa shape index (κ1) is 20.0. The van der Waals surface area contributed by atoms with Gasteiger partial charge in [0.2, 0.25) is 0 Å². The van der Waals surface area contributed by atoms with Gasteiger partial charge in [-0.05, 0) is 35.9 Å². The lowest BCUT2D eigenvalue weighted by atomic mass is 10.1. The lowest BCUT2D eigenvalue weighted by molar-refractivity contribution is -0.117. The molecule has 1 amide bonds. The van der Waals surface area contributed by atoms with Crippen LogP contribution in [0.3, 0.4) is 0 Å². The minimum absolute atomic E-state index is 0.0162. The van der Waals surface area contributed by atoms with Crippen molar-refractivity contribution in [1.29, 1.82) is 0 Å². The summed E-state index contributed by atoms with van der Waals surface area (Å²) >= 11 is 1.19. The molecule has 0 saturated heterocycles. The number of rotatable bonds is 5. The Balaban J connectivity index is 1.91. The van der Waals surface area contributed by atoms with Crippen LogP contribution in [0.1, 0.15) is 12.5 Å². The molecular formula is C20H17FN2O3S2. The number of hydrogen-bond acceptors (Lipinski definition) is 4. The van der Waals surface area contributed by atoms with Crippen molar-refractivity contribution < 1.29 is 17.6 Å². The summed E-state index contributed by atoms with van der Waals surface area (Å²) < 4.78 is 39.5. The lowest BCUT2D eigenvalue weighted by Gasteiger charge is -2.03. The molecule has 144 valence electrons. The number of carbonyl (C=O) groups excluding carboxylic acids is 1. The maximum atomic E-state index is 13.5. The molecule has 28 heavy (non-hydrogen) atoms. The fourth-order valence-electron chi connectivity index (χ4n) is 2.68. The maximum absolute atomic E-state index is 13.5. The van der Waals surface area contributed by atoms with E-state index in [0.717, 1.165) is 0 Å². The fraction of sp³-hybridized carbons (Fsp3) is 0.200. The van der Waals surface area contributed by atoms with E-state index in [1.165, 1.54) is 35.6 Å². The molecule has 0 fully saturated rings. The molecule has 1 heterocycles. The number of nitrogens with zero attached hydrogens (tertiary/aromatic N) is 2. The van der Waals surface area contributed by atoms with Crippen molar-refractivity contribution in [2.75, 3.05) is 5.75 Å². The Morgan fingerprint density at radius 2 is 1.96 bits per heavy atom. The summed E-state index contributed by atoms with van der Waals surface area (Å²) in [7, 11) is -3.28. The standard InChI is InChI=1S/C20H17FN2O3S2/c1-3-11-23-17-10-7-15(21)13-18(17)27-20(23)22-19(24)12-14-5-8-16(9-6-14)28(25,26)4-2/h1,5-10,13H,4,11-12H2,2H3. The summed E-state index contributed by atoms with van der Waals surface area (Å²) in [5.41, 5.74) is 1.37. The summed E-state index contributed by atoms with van der Waals surface area (Å²) in [5, 5.41) is 0. The molecule has 0 N–H and O–H groups in total. The molecule has 5 nitrogen and oxygen atoms in total. The second kappa shape index (κ2) is 8.09. The molecule has 0 bridgehead atoms. The van der Waals surface area contributed by atoms with E-state index >= 15 is 0 Å². The van der Waals surface area contributed by atoms with Crippen LogP contribution in [0, 0.1) is 18.2 Å². The predicted molar refractivity (Wildman–Crippen MR) is 107 cm³/mol. The van der Waals surface area contributed by atoms with E-state index in [9.17, 15) is 17.6 Å². The average molecular weight is 416 g/mol. The molecule has 0 saturated carbocycles. The smallest absolute Gasteiger partial charge is 0.252 e. The van der Waals surface area contributed by atoms with Crippen molar-refractivity contribution in [2.24, 2.45) is 4.99 Å². The molecule has 0 aliphatic rings. The first-order valence-corrected chi connectivity index (χ1v) is 10.9. The van der Waals surface area contributed by atoms with E-state index in [4.69, 9.17) is 6.42 Å². The van der Waals surface area contributed by atoms with Crippen LogP contribution in [0.5, 0.6) is 0 Å². The predicted octanol–water partition coefficient (Wildman–Crippen LogP) is 2.94. The van der Waals surface area contributed by atoms with Gasteiger partial charge < -0.3 is 4.57 Å². The molecule has 0 aliphatic heterocycles. The largest absolute Gasteiger partial charge is 0.305 e. The monoisotopic (exact) mass is 416 g/mol. The van der Waals surface area contributed by atoms with Crippen LogP contribution in [0.2, 0.25) is 0 Å². The van der Waals surface area contributed by atoms with E-state index < -0.39 is 15.7 Å². The number of hydrogen-bond donors (Lipinski definition) is 0. The van der Waals surface area contributed by atoms with Crippen LogP contribution >= 0.6 is 11.3 Å². The van der Waals surface area contributed by atoms with Gasteiger partial charge in [-0.3, -0.25) is 4.79 Å². The molecule has 0 spiro atoms. The zero-order valence-corrected chi connectivity index (χ0v) is 16.7. The van der Waals surface area contributed by atoms with E-state index in [1.54, 1.807) is 29.7 Å². The quantitative estimate of drug-likeness (QED) is 0.601. The number of aromatic nitrogens is 1. The van der Waals surface area contributed by atoms with Gasteiger partial charge in [0, 0.05) is 0 Å². The van der Waals surface area contributed by atoms with Crippen molar-refractivity contribution in [3.05, 3.63) is 58.6 Å². The molecule has 0 radical (unpaired) electrons. The summed E-state index contributed by atoms with van der Waals surface area (Å²) in [6, 6.07) is 10.5. The molecule has 3 rings (SSSR count). The van der Waals surface area contributed by atoms with Crippen LogP contribution in [-0.4, -0.2) is 24.6 Å². The van der Waals surface area contributed by atoms with Gasteiger partial charge in [0.15, 0.2) is 14.6 Å². The third-order valence-electron chi connectivity index (χ3n) is 4.13. The van der Waals surface area contributed by atoms with Crippen LogP contribution < -0.4 is 4.80 Å². The molecule has 8 heteroatoms. The Kier molecular flexibility index (Phi) is 5.77. The molecule has 2 aromatic carbocycles. The Labute approximate surface area is 166 Å². The zero-order chi connectivity index (χ0) is 20.3. The van der Waals surface area contributed by atoms with E-state index in [-0.39, 0.29) is 29.4 Å². The Morgan fingerprint density at radius 3 is 2.61 bits per heavy atom. The van der Waals surface area contributed by atoms with Gasteiger partial charge in [0.05, 0.1) is 33.8 Å². The van der Waals surface area contributed by atoms with Crippen LogP contribution in [-0.2, 0) is 27.6 Å². The molecule has 0 aliphatic carbocycles. The third kappa shape index (κ3) is 4.21. The summed E-state index contributed by atoms with van der Waals surface area (Å²) in [6.07, 6.45) is 5.43. The Bertz CT molecular complexity index is 1250. The minimum Gasteiger partial charge on any atom is -0.305 e. The molecule has 0 unspecified atom stereocenters. The first-order chi connectivity index (χ1) is 13.3.